The number of nitrogens with one attached hydrogen (secondary N) is 1. The van der Waals surface area contributed by atoms with Gasteiger partial charge in [-0.3, -0.25) is 0 Å². The van der Waals surface area contributed by atoms with Crippen molar-refractivity contribution in [3.05, 3.63) is 0 Å². The molecule has 2 nitrogen and oxygen atoms in total. The summed E-state index contributed by atoms with van der Waals surface area (Å²) in [6.45, 7) is 3.40. The van der Waals surface area contributed by atoms with Gasteiger partial charge in [0, 0.05) is 0 Å². The number of unbranched alkanes of at least 4 members (excludes halogenated alkanes) is 7. The predicted octanol–water partition coefficient (Wildman–Crippen LogP) is 3.91. The van der Waals surface area contributed by atoms with Gasteiger partial charge in [0.1, 0.15) is 0 Å². The average molecular weight is 306 g/mol. The van der Waals surface area contributed by atoms with Gasteiger partial charge in [-0.15, -0.1) is 0 Å². The number of hydrogen-bond donors (Lipinski definition) is 1. The topological polar surface area (TPSA) is 29.1 Å². The van der Waals surface area contributed by atoms with Crippen molar-refractivity contribution in [3.63, 3.8) is 0 Å². The molecule has 0 saturated carbocycles. The van der Waals surface area contributed by atoms with Crippen LogP contribution in [0.5, 0.6) is 0 Å². The molecule has 0 aliphatic carbocycles. The summed E-state index contributed by atoms with van der Waals surface area (Å²) in [6, 6.07) is 0.585. The molecule has 1 heterocycles. The zero-order valence-corrected chi connectivity index (χ0v) is 13.1. The van der Waals surface area contributed by atoms with E-state index in [-0.39, 0.29) is 0 Å². The Kier molecular flexibility index (Phi) is 9.23. The minimum absolute atomic E-state index is 0.585. The quantitative estimate of drug-likeness (QED) is 0.490. The van der Waals surface area contributed by atoms with Gasteiger partial charge < -0.3 is 0 Å². The van der Waals surface area contributed by atoms with E-state index in [9.17, 15) is 3.83 Å². The first-order chi connectivity index (χ1) is 8.33. The van der Waals surface area contributed by atoms with Crippen molar-refractivity contribution in [2.75, 3.05) is 6.54 Å². The van der Waals surface area contributed by atoms with Crippen LogP contribution in [-0.2, 0) is 3.83 Å². The van der Waals surface area contributed by atoms with Crippen LogP contribution < -0.4 is 5.32 Å². The second-order valence-electron chi connectivity index (χ2n) is 5.23. The fourth-order valence-corrected chi connectivity index (χ4v) is 5.43. The molecule has 0 aromatic heterocycles. The molecule has 1 saturated heterocycles. The molecule has 0 radical (unpaired) electrons. The van der Waals surface area contributed by atoms with Crippen LogP contribution >= 0.6 is 0 Å². The first-order valence-corrected chi connectivity index (χ1v) is 10.5. The minimum atomic E-state index is -1.38. The standard InChI is InChI=1S/C14H29NOSe/c1-2-3-4-5-6-7-8-9-11-15-14-10-12-17(16)13-14/h14-15H,2-13H2,1H3/t14-,17?/m0/s1. The SMILES string of the molecule is CCCCCCCCCCN[C@H]1CC[Se](=O)C1. The van der Waals surface area contributed by atoms with Gasteiger partial charge in [-0.2, -0.15) is 0 Å². The molecule has 0 amide bonds. The van der Waals surface area contributed by atoms with Crippen LogP contribution in [0.15, 0.2) is 0 Å². The fourth-order valence-electron chi connectivity index (χ4n) is 2.39. The second kappa shape index (κ2) is 10.2. The molecule has 0 spiro atoms. The molecule has 0 aromatic carbocycles. The van der Waals surface area contributed by atoms with E-state index in [0.29, 0.717) is 6.04 Å². The predicted molar refractivity (Wildman–Crippen MR) is 75.1 cm³/mol. The summed E-state index contributed by atoms with van der Waals surface area (Å²) in [7, 11) is 0. The van der Waals surface area contributed by atoms with Gasteiger partial charge in [0.25, 0.3) is 0 Å². The Morgan fingerprint density at radius 3 is 2.29 bits per heavy atom. The molecule has 0 aromatic rings. The molecule has 102 valence electrons. The van der Waals surface area contributed by atoms with Crippen molar-refractivity contribution in [1.82, 2.24) is 5.32 Å². The van der Waals surface area contributed by atoms with Gasteiger partial charge in [0.05, 0.1) is 0 Å². The molecule has 1 aliphatic heterocycles. The molecule has 17 heavy (non-hydrogen) atoms. The molecular weight excluding hydrogens is 277 g/mol. The Hall–Kier alpha value is 0.279. The Bertz CT molecular complexity index is 208. The molecule has 0 bridgehead atoms. The Balaban J connectivity index is 1.77. The van der Waals surface area contributed by atoms with Crippen LogP contribution in [0.1, 0.15) is 64.7 Å². The van der Waals surface area contributed by atoms with E-state index in [0.717, 1.165) is 23.6 Å². The molecule has 1 unspecified atom stereocenters. The van der Waals surface area contributed by atoms with Crippen molar-refractivity contribution >= 4 is 13.8 Å². The third kappa shape index (κ3) is 8.07. The molecule has 1 fully saturated rings. The van der Waals surface area contributed by atoms with E-state index in [2.05, 4.69) is 12.2 Å². The van der Waals surface area contributed by atoms with Crippen molar-refractivity contribution < 1.29 is 3.83 Å². The zero-order chi connectivity index (χ0) is 12.3. The Labute approximate surface area is 111 Å². The molecule has 3 heteroatoms. The summed E-state index contributed by atoms with van der Waals surface area (Å²) >= 11 is -1.38. The van der Waals surface area contributed by atoms with Gasteiger partial charge in [-0.1, -0.05) is 6.92 Å². The van der Waals surface area contributed by atoms with E-state index in [1.165, 1.54) is 51.4 Å². The van der Waals surface area contributed by atoms with Gasteiger partial charge in [0.15, 0.2) is 0 Å². The summed E-state index contributed by atoms with van der Waals surface area (Å²) in [5, 5.41) is 5.55. The fraction of sp³-hybridized carbons (Fsp3) is 1.00. The molecule has 1 N–H and O–H groups in total. The van der Waals surface area contributed by atoms with E-state index in [1.54, 1.807) is 0 Å². The van der Waals surface area contributed by atoms with E-state index < -0.39 is 13.8 Å². The summed E-state index contributed by atoms with van der Waals surface area (Å²) < 4.78 is 11.3. The molecular formula is C14H29NOSe. The van der Waals surface area contributed by atoms with Crippen LogP contribution in [0.3, 0.4) is 0 Å². The monoisotopic (exact) mass is 307 g/mol. The van der Waals surface area contributed by atoms with Crippen molar-refractivity contribution in [1.29, 1.82) is 0 Å². The van der Waals surface area contributed by atoms with Crippen molar-refractivity contribution in [2.45, 2.75) is 81.4 Å². The summed E-state index contributed by atoms with van der Waals surface area (Å²) in [5.74, 6) is 0. The van der Waals surface area contributed by atoms with Crippen LogP contribution in [-0.4, -0.2) is 26.4 Å². The van der Waals surface area contributed by atoms with Crippen LogP contribution in [0.4, 0.5) is 0 Å². The summed E-state index contributed by atoms with van der Waals surface area (Å²) in [4.78, 5) is 0. The van der Waals surface area contributed by atoms with Gasteiger partial charge >= 0.3 is 104 Å². The maximum absolute atomic E-state index is 11.3. The molecule has 1 aliphatic rings. The van der Waals surface area contributed by atoms with E-state index in [1.807, 2.05) is 0 Å². The van der Waals surface area contributed by atoms with Crippen LogP contribution in [0.2, 0.25) is 10.6 Å². The third-order valence-electron chi connectivity index (χ3n) is 3.54. The second-order valence-corrected chi connectivity index (χ2v) is 8.63. The van der Waals surface area contributed by atoms with Gasteiger partial charge in [-0.05, 0) is 0 Å². The van der Waals surface area contributed by atoms with Gasteiger partial charge in [0.2, 0.25) is 0 Å². The first kappa shape index (κ1) is 15.3. The molecule has 1 rings (SSSR count). The number of hydrogen-bond acceptors (Lipinski definition) is 2. The van der Waals surface area contributed by atoms with Crippen molar-refractivity contribution in [3.8, 4) is 0 Å². The van der Waals surface area contributed by atoms with Crippen LogP contribution in [0.25, 0.3) is 0 Å². The van der Waals surface area contributed by atoms with Crippen LogP contribution in [0, 0.1) is 0 Å². The summed E-state index contributed by atoms with van der Waals surface area (Å²) in [5.41, 5.74) is 0. The molecule has 2 atom stereocenters. The summed E-state index contributed by atoms with van der Waals surface area (Å²) in [6.07, 6.45) is 12.2. The first-order valence-electron chi connectivity index (χ1n) is 7.41. The Morgan fingerprint density at radius 1 is 1.06 bits per heavy atom. The van der Waals surface area contributed by atoms with E-state index in [4.69, 9.17) is 0 Å². The van der Waals surface area contributed by atoms with Crippen molar-refractivity contribution in [2.24, 2.45) is 0 Å². The van der Waals surface area contributed by atoms with Gasteiger partial charge in [-0.25, -0.2) is 0 Å². The zero-order valence-electron chi connectivity index (χ0n) is 11.4. The third-order valence-corrected chi connectivity index (χ3v) is 6.62. The van der Waals surface area contributed by atoms with E-state index >= 15 is 0 Å². The maximum atomic E-state index is 11.3. The number of rotatable bonds is 10. The average Bonchev–Trinajstić information content (AvgIpc) is 2.73. The normalized spacial score (nSPS) is 24.3. The Morgan fingerprint density at radius 2 is 1.71 bits per heavy atom.